The Kier molecular flexibility index (Phi) is 3.75. The molecule has 2 rings (SSSR count). The molecule has 1 aromatic rings. The maximum atomic E-state index is 13.1. The first kappa shape index (κ1) is 13.5. The molecule has 0 radical (unpaired) electrons. The van der Waals surface area contributed by atoms with Crippen LogP contribution in [0.2, 0.25) is 0 Å². The number of hydrogen-bond donors (Lipinski definition) is 0. The molecule has 0 unspecified atom stereocenters. The smallest absolute Gasteiger partial charge is 0.212 e. The van der Waals surface area contributed by atoms with Crippen LogP contribution in [0.25, 0.3) is 0 Å². The van der Waals surface area contributed by atoms with Gasteiger partial charge in [-0.2, -0.15) is 4.31 Å². The number of sulfonamides is 1. The highest BCUT2D eigenvalue weighted by Crippen LogP contribution is 2.23. The molecule has 6 heteroatoms. The van der Waals surface area contributed by atoms with Crippen LogP contribution in [0.15, 0.2) is 29.8 Å². The molecule has 98 valence electrons. The van der Waals surface area contributed by atoms with E-state index in [2.05, 4.69) is 6.58 Å². The molecule has 0 bridgehead atoms. The molecule has 3 nitrogen and oxygen atoms in total. The summed E-state index contributed by atoms with van der Waals surface area (Å²) >= 11 is 5.55. The van der Waals surface area contributed by atoms with Gasteiger partial charge < -0.3 is 0 Å². The van der Waals surface area contributed by atoms with E-state index in [4.69, 9.17) is 11.6 Å². The van der Waals surface area contributed by atoms with Crippen molar-refractivity contribution in [2.45, 2.75) is 13.0 Å². The van der Waals surface area contributed by atoms with Gasteiger partial charge in [-0.15, -0.1) is 0 Å². The van der Waals surface area contributed by atoms with E-state index in [0.717, 1.165) is 5.56 Å². The summed E-state index contributed by atoms with van der Waals surface area (Å²) in [7, 11) is -3.46. The zero-order chi connectivity index (χ0) is 13.3. The van der Waals surface area contributed by atoms with Crippen molar-refractivity contribution in [3.8, 4) is 0 Å². The van der Waals surface area contributed by atoms with Crippen LogP contribution >= 0.6 is 11.6 Å². The molecule has 0 saturated carbocycles. The molecular formula is C12H13ClFNO2S. The highest BCUT2D eigenvalue weighted by atomic mass is 35.5. The molecule has 0 amide bonds. The topological polar surface area (TPSA) is 37.4 Å². The standard InChI is InChI=1S/C12H13ClFNO2S/c1-9(13)8-18(16,17)15-5-4-10-2-3-12(14)6-11(10)7-15/h2-3,6H,1,4-5,7-8H2. The number of fused-ring (bicyclic) bond motifs is 1. The van der Waals surface area contributed by atoms with E-state index in [0.29, 0.717) is 18.5 Å². The second-order valence-electron chi connectivity index (χ2n) is 4.27. The predicted molar refractivity (Wildman–Crippen MR) is 69.3 cm³/mol. The highest BCUT2D eigenvalue weighted by molar-refractivity contribution is 7.89. The average molecular weight is 290 g/mol. The van der Waals surface area contributed by atoms with Crippen molar-refractivity contribution >= 4 is 21.6 Å². The lowest BCUT2D eigenvalue weighted by atomic mass is 10.0. The number of hydrogen-bond acceptors (Lipinski definition) is 2. The zero-order valence-corrected chi connectivity index (χ0v) is 11.3. The molecule has 1 aliphatic rings. The van der Waals surface area contributed by atoms with E-state index in [1.807, 2.05) is 0 Å². The van der Waals surface area contributed by atoms with Gasteiger partial charge in [0.2, 0.25) is 10.0 Å². The number of halogens is 2. The van der Waals surface area contributed by atoms with Gasteiger partial charge in [0, 0.05) is 18.1 Å². The molecule has 0 fully saturated rings. The van der Waals surface area contributed by atoms with Crippen molar-refractivity contribution in [2.24, 2.45) is 0 Å². The zero-order valence-electron chi connectivity index (χ0n) is 9.70. The SMILES string of the molecule is C=C(Cl)CS(=O)(=O)N1CCc2ccc(F)cc2C1. The molecule has 0 aliphatic carbocycles. The van der Waals surface area contributed by atoms with Gasteiger partial charge in [0.15, 0.2) is 0 Å². The maximum Gasteiger partial charge on any atom is 0.219 e. The van der Waals surface area contributed by atoms with E-state index in [1.54, 1.807) is 6.07 Å². The van der Waals surface area contributed by atoms with Gasteiger partial charge in [0.25, 0.3) is 0 Å². The third-order valence-electron chi connectivity index (χ3n) is 2.88. The first-order valence-corrected chi connectivity index (χ1v) is 7.45. The second-order valence-corrected chi connectivity index (χ2v) is 6.77. The Bertz CT molecular complexity index is 586. The number of rotatable bonds is 3. The van der Waals surface area contributed by atoms with Crippen LogP contribution in [0.4, 0.5) is 4.39 Å². The van der Waals surface area contributed by atoms with Crippen molar-refractivity contribution in [3.63, 3.8) is 0 Å². The lowest BCUT2D eigenvalue weighted by molar-refractivity contribution is 0.391. The van der Waals surface area contributed by atoms with Gasteiger partial charge >= 0.3 is 0 Å². The third kappa shape index (κ3) is 2.91. The third-order valence-corrected chi connectivity index (χ3v) is 4.98. The quantitative estimate of drug-likeness (QED) is 0.856. The van der Waals surface area contributed by atoms with Crippen molar-refractivity contribution in [2.75, 3.05) is 12.3 Å². The van der Waals surface area contributed by atoms with Gasteiger partial charge in [0.1, 0.15) is 5.82 Å². The van der Waals surface area contributed by atoms with Crippen LogP contribution in [0.3, 0.4) is 0 Å². The molecule has 0 saturated heterocycles. The lowest BCUT2D eigenvalue weighted by Gasteiger charge is -2.28. The largest absolute Gasteiger partial charge is 0.219 e. The first-order chi connectivity index (χ1) is 8.38. The van der Waals surface area contributed by atoms with E-state index in [1.165, 1.54) is 16.4 Å². The summed E-state index contributed by atoms with van der Waals surface area (Å²) in [5.74, 6) is -0.631. The Hall–Kier alpha value is -0.910. The minimum atomic E-state index is -3.46. The normalized spacial score (nSPS) is 16.3. The molecule has 1 aliphatic heterocycles. The van der Waals surface area contributed by atoms with Crippen LogP contribution < -0.4 is 0 Å². The maximum absolute atomic E-state index is 13.1. The van der Waals surface area contributed by atoms with E-state index >= 15 is 0 Å². The van der Waals surface area contributed by atoms with Crippen LogP contribution in [0.5, 0.6) is 0 Å². The van der Waals surface area contributed by atoms with Gasteiger partial charge in [-0.05, 0) is 29.7 Å². The minimum absolute atomic E-state index is 0.0834. The summed E-state index contributed by atoms with van der Waals surface area (Å²) in [6.45, 7) is 3.98. The first-order valence-electron chi connectivity index (χ1n) is 5.47. The summed E-state index contributed by atoms with van der Waals surface area (Å²) in [5.41, 5.74) is 1.71. The Morgan fingerprint density at radius 2 is 2.17 bits per heavy atom. The van der Waals surface area contributed by atoms with Crippen molar-refractivity contribution < 1.29 is 12.8 Å². The summed E-state index contributed by atoms with van der Waals surface area (Å²) in [6.07, 6.45) is 0.587. The summed E-state index contributed by atoms with van der Waals surface area (Å²) in [6, 6.07) is 4.48. The fourth-order valence-electron chi connectivity index (χ4n) is 2.03. The summed E-state index contributed by atoms with van der Waals surface area (Å²) < 4.78 is 38.4. The lowest BCUT2D eigenvalue weighted by Crippen LogP contribution is -2.37. The van der Waals surface area contributed by atoms with Gasteiger partial charge in [0.05, 0.1) is 5.75 Å². The molecule has 0 atom stereocenters. The number of nitrogens with zero attached hydrogens (tertiary/aromatic N) is 1. The van der Waals surface area contributed by atoms with Gasteiger partial charge in [-0.25, -0.2) is 12.8 Å². The molecule has 0 spiro atoms. The average Bonchev–Trinajstić information content (AvgIpc) is 2.26. The van der Waals surface area contributed by atoms with Crippen molar-refractivity contribution in [3.05, 3.63) is 46.8 Å². The highest BCUT2D eigenvalue weighted by Gasteiger charge is 2.27. The van der Waals surface area contributed by atoms with Crippen LogP contribution in [0, 0.1) is 5.82 Å². The fraction of sp³-hybridized carbons (Fsp3) is 0.333. The molecule has 1 heterocycles. The predicted octanol–water partition coefficient (Wildman–Crippen LogP) is 2.27. The fourth-order valence-corrected chi connectivity index (χ4v) is 3.72. The monoisotopic (exact) mass is 289 g/mol. The van der Waals surface area contributed by atoms with Gasteiger partial charge in [-0.3, -0.25) is 0 Å². The van der Waals surface area contributed by atoms with Crippen molar-refractivity contribution in [1.29, 1.82) is 0 Å². The minimum Gasteiger partial charge on any atom is -0.212 e. The van der Waals surface area contributed by atoms with Crippen LogP contribution in [0.1, 0.15) is 11.1 Å². The van der Waals surface area contributed by atoms with Crippen LogP contribution in [-0.4, -0.2) is 25.0 Å². The Labute approximate surface area is 111 Å². The Morgan fingerprint density at radius 3 is 2.83 bits per heavy atom. The molecule has 18 heavy (non-hydrogen) atoms. The Balaban J connectivity index is 2.24. The number of benzene rings is 1. The van der Waals surface area contributed by atoms with E-state index in [9.17, 15) is 12.8 Å². The Morgan fingerprint density at radius 1 is 1.44 bits per heavy atom. The molecule has 1 aromatic carbocycles. The van der Waals surface area contributed by atoms with E-state index in [-0.39, 0.29) is 23.1 Å². The molecule has 0 N–H and O–H groups in total. The van der Waals surface area contributed by atoms with Crippen molar-refractivity contribution in [1.82, 2.24) is 4.31 Å². The summed E-state index contributed by atoms with van der Waals surface area (Å²) in [5, 5.41) is 0.0834. The molecule has 0 aromatic heterocycles. The second kappa shape index (κ2) is 4.99. The summed E-state index contributed by atoms with van der Waals surface area (Å²) in [4.78, 5) is 0. The van der Waals surface area contributed by atoms with E-state index < -0.39 is 10.0 Å². The molecular weight excluding hydrogens is 277 g/mol. The van der Waals surface area contributed by atoms with Gasteiger partial charge in [-0.1, -0.05) is 24.2 Å². The van der Waals surface area contributed by atoms with Crippen LogP contribution in [-0.2, 0) is 23.0 Å².